The smallest absolute Gasteiger partial charge is 0.260 e. The third-order valence-electron chi connectivity index (χ3n) is 5.71. The number of carbonyl (C=O) groups is 2. The summed E-state index contributed by atoms with van der Waals surface area (Å²) in [7, 11) is 4.78. The molecule has 0 aromatic heterocycles. The second kappa shape index (κ2) is 9.39. The number of fused-ring (bicyclic) bond motifs is 1. The topological polar surface area (TPSA) is 77.1 Å². The molecule has 7 nitrogen and oxygen atoms in total. The van der Waals surface area contributed by atoms with E-state index in [1.807, 2.05) is 38.1 Å². The highest BCUT2D eigenvalue weighted by atomic mass is 16.5. The predicted octanol–water partition coefficient (Wildman–Crippen LogP) is 2.80. The van der Waals surface area contributed by atoms with Crippen LogP contribution in [0.2, 0.25) is 0 Å². The number of carbonyl (C=O) groups excluding carboxylic acids is 2. The van der Waals surface area contributed by atoms with Gasteiger partial charge >= 0.3 is 0 Å². The van der Waals surface area contributed by atoms with E-state index in [4.69, 9.17) is 14.2 Å². The highest BCUT2D eigenvalue weighted by Crippen LogP contribution is 2.36. The molecular weight excluding hydrogens is 396 g/mol. The Bertz CT molecular complexity index is 970. The van der Waals surface area contributed by atoms with Crippen molar-refractivity contribution < 1.29 is 23.8 Å². The molecule has 2 amide bonds. The standard InChI is InChI=1S/C24H30N2O5/c1-24(2)19-8-7-17(29-3)15-18(19)22(27)26(23(24)28)13-12-25-11-10-16-6-9-20(30-4)21(14-16)31-5/h6-9,14-15,25H,10-13H2,1-5H3. The van der Waals surface area contributed by atoms with Crippen LogP contribution < -0.4 is 19.5 Å². The predicted molar refractivity (Wildman–Crippen MR) is 118 cm³/mol. The van der Waals surface area contributed by atoms with Crippen molar-refractivity contribution in [2.75, 3.05) is 41.0 Å². The van der Waals surface area contributed by atoms with E-state index in [1.165, 1.54) is 4.90 Å². The Kier molecular flexibility index (Phi) is 6.85. The number of ether oxygens (including phenoxy) is 3. The summed E-state index contributed by atoms with van der Waals surface area (Å²) < 4.78 is 15.9. The molecule has 0 saturated carbocycles. The van der Waals surface area contributed by atoms with Crippen molar-refractivity contribution in [3.8, 4) is 17.2 Å². The number of rotatable bonds is 9. The van der Waals surface area contributed by atoms with E-state index in [9.17, 15) is 9.59 Å². The van der Waals surface area contributed by atoms with Gasteiger partial charge in [-0.15, -0.1) is 0 Å². The molecule has 0 aliphatic carbocycles. The number of methoxy groups -OCH3 is 3. The lowest BCUT2D eigenvalue weighted by molar-refractivity contribution is -0.134. The van der Waals surface area contributed by atoms with E-state index in [0.29, 0.717) is 42.4 Å². The number of benzene rings is 2. The van der Waals surface area contributed by atoms with Gasteiger partial charge in [0.15, 0.2) is 11.5 Å². The maximum Gasteiger partial charge on any atom is 0.260 e. The second-order valence-electron chi connectivity index (χ2n) is 7.99. The number of nitrogens with zero attached hydrogens (tertiary/aromatic N) is 1. The summed E-state index contributed by atoms with van der Waals surface area (Å²) in [5.74, 6) is 1.53. The Morgan fingerprint density at radius 2 is 1.65 bits per heavy atom. The van der Waals surface area contributed by atoms with Crippen LogP contribution in [0.5, 0.6) is 17.2 Å². The van der Waals surface area contributed by atoms with Crippen LogP contribution in [0.1, 0.15) is 35.3 Å². The molecular formula is C24H30N2O5. The normalized spacial score (nSPS) is 14.9. The number of hydrogen-bond acceptors (Lipinski definition) is 6. The Labute approximate surface area is 183 Å². The molecule has 166 valence electrons. The lowest BCUT2D eigenvalue weighted by Crippen LogP contribution is -2.53. The zero-order valence-corrected chi connectivity index (χ0v) is 18.8. The first-order valence-corrected chi connectivity index (χ1v) is 10.3. The van der Waals surface area contributed by atoms with E-state index in [2.05, 4.69) is 5.32 Å². The first-order valence-electron chi connectivity index (χ1n) is 10.3. The van der Waals surface area contributed by atoms with Crippen molar-refractivity contribution in [1.29, 1.82) is 0 Å². The van der Waals surface area contributed by atoms with Crippen molar-refractivity contribution in [2.24, 2.45) is 0 Å². The molecule has 1 aliphatic rings. The van der Waals surface area contributed by atoms with Gasteiger partial charge in [-0.1, -0.05) is 12.1 Å². The summed E-state index contributed by atoms with van der Waals surface area (Å²) in [6, 6.07) is 11.1. The first kappa shape index (κ1) is 22.6. The quantitative estimate of drug-likeness (QED) is 0.491. The molecule has 7 heteroatoms. The molecule has 0 atom stereocenters. The van der Waals surface area contributed by atoms with Crippen LogP contribution in [0.15, 0.2) is 36.4 Å². The highest BCUT2D eigenvalue weighted by molar-refractivity contribution is 6.13. The molecule has 0 bridgehead atoms. The van der Waals surface area contributed by atoms with Gasteiger partial charge in [-0.05, 0) is 62.2 Å². The van der Waals surface area contributed by atoms with Crippen molar-refractivity contribution in [1.82, 2.24) is 10.2 Å². The van der Waals surface area contributed by atoms with Crippen LogP contribution in [-0.4, -0.2) is 57.7 Å². The van der Waals surface area contributed by atoms with Crippen LogP contribution in [-0.2, 0) is 16.6 Å². The maximum absolute atomic E-state index is 13.0. The van der Waals surface area contributed by atoms with Crippen molar-refractivity contribution in [2.45, 2.75) is 25.7 Å². The van der Waals surface area contributed by atoms with Crippen molar-refractivity contribution in [3.05, 3.63) is 53.1 Å². The summed E-state index contributed by atoms with van der Waals surface area (Å²) in [4.78, 5) is 27.3. The van der Waals surface area contributed by atoms with Gasteiger partial charge in [0.2, 0.25) is 5.91 Å². The van der Waals surface area contributed by atoms with Gasteiger partial charge in [0.25, 0.3) is 5.91 Å². The van der Waals surface area contributed by atoms with E-state index in [1.54, 1.807) is 33.5 Å². The van der Waals surface area contributed by atoms with E-state index < -0.39 is 5.41 Å². The maximum atomic E-state index is 13.0. The van der Waals surface area contributed by atoms with Crippen molar-refractivity contribution in [3.63, 3.8) is 0 Å². The third kappa shape index (κ3) is 4.51. The number of nitrogens with one attached hydrogen (secondary N) is 1. The fourth-order valence-corrected chi connectivity index (χ4v) is 3.85. The second-order valence-corrected chi connectivity index (χ2v) is 7.99. The Morgan fingerprint density at radius 3 is 2.32 bits per heavy atom. The highest BCUT2D eigenvalue weighted by Gasteiger charge is 2.44. The summed E-state index contributed by atoms with van der Waals surface area (Å²) in [5, 5.41) is 3.32. The van der Waals surface area contributed by atoms with Gasteiger partial charge in [-0.25, -0.2) is 0 Å². The van der Waals surface area contributed by atoms with Crippen molar-refractivity contribution >= 4 is 11.8 Å². The minimum atomic E-state index is -0.769. The van der Waals surface area contributed by atoms with Gasteiger partial charge in [-0.3, -0.25) is 14.5 Å². The van der Waals surface area contributed by atoms with Crippen LogP contribution in [0.3, 0.4) is 0 Å². The molecule has 0 fully saturated rings. The van der Waals surface area contributed by atoms with Gasteiger partial charge < -0.3 is 19.5 Å². The van der Waals surface area contributed by atoms with E-state index in [0.717, 1.165) is 17.5 Å². The fourth-order valence-electron chi connectivity index (χ4n) is 3.85. The lowest BCUT2D eigenvalue weighted by Gasteiger charge is -2.37. The fraction of sp³-hybridized carbons (Fsp3) is 0.417. The summed E-state index contributed by atoms with van der Waals surface area (Å²) in [6.07, 6.45) is 0.785. The molecule has 0 saturated heterocycles. The van der Waals surface area contributed by atoms with E-state index in [-0.39, 0.29) is 11.8 Å². The Hall–Kier alpha value is -3.06. The molecule has 0 radical (unpaired) electrons. The molecule has 3 rings (SSSR count). The molecule has 1 aliphatic heterocycles. The third-order valence-corrected chi connectivity index (χ3v) is 5.71. The van der Waals surface area contributed by atoms with Crippen LogP contribution in [0.25, 0.3) is 0 Å². The Morgan fingerprint density at radius 1 is 0.903 bits per heavy atom. The summed E-state index contributed by atoms with van der Waals surface area (Å²) in [5.41, 5.74) is 1.60. The number of hydrogen-bond donors (Lipinski definition) is 1. The zero-order chi connectivity index (χ0) is 22.6. The minimum Gasteiger partial charge on any atom is -0.497 e. The average molecular weight is 427 g/mol. The molecule has 31 heavy (non-hydrogen) atoms. The average Bonchev–Trinajstić information content (AvgIpc) is 2.79. The van der Waals surface area contributed by atoms with Gasteiger partial charge in [-0.2, -0.15) is 0 Å². The Balaban J connectivity index is 1.60. The van der Waals surface area contributed by atoms with Crippen LogP contribution in [0.4, 0.5) is 0 Å². The SMILES string of the molecule is COc1ccc2c(c1)C(=O)N(CCNCCc1ccc(OC)c(OC)c1)C(=O)C2(C)C. The first-order chi connectivity index (χ1) is 14.8. The lowest BCUT2D eigenvalue weighted by atomic mass is 9.77. The largest absolute Gasteiger partial charge is 0.497 e. The monoisotopic (exact) mass is 426 g/mol. The molecule has 0 spiro atoms. The molecule has 2 aromatic rings. The minimum absolute atomic E-state index is 0.183. The molecule has 1 heterocycles. The summed E-state index contributed by atoms with van der Waals surface area (Å²) in [6.45, 7) is 5.23. The number of imide groups is 1. The summed E-state index contributed by atoms with van der Waals surface area (Å²) >= 11 is 0. The van der Waals surface area contributed by atoms with Crippen LogP contribution in [0, 0.1) is 0 Å². The zero-order valence-electron chi connectivity index (χ0n) is 18.8. The molecule has 1 N–H and O–H groups in total. The number of amides is 2. The van der Waals surface area contributed by atoms with Gasteiger partial charge in [0.05, 0.1) is 26.7 Å². The molecule has 0 unspecified atom stereocenters. The van der Waals surface area contributed by atoms with Gasteiger partial charge in [0.1, 0.15) is 5.75 Å². The van der Waals surface area contributed by atoms with E-state index >= 15 is 0 Å². The van der Waals surface area contributed by atoms with Crippen LogP contribution >= 0.6 is 0 Å². The van der Waals surface area contributed by atoms with Gasteiger partial charge in [0, 0.05) is 18.7 Å². The molecule has 2 aromatic carbocycles.